The highest BCUT2D eigenvalue weighted by Crippen LogP contribution is 2.59. The minimum atomic E-state index is -0.527. The third kappa shape index (κ3) is 4.34. The van der Waals surface area contributed by atoms with Gasteiger partial charge in [-0.3, -0.25) is 4.98 Å². The van der Waals surface area contributed by atoms with Gasteiger partial charge in [0.05, 0.1) is 28.3 Å². The smallest absolute Gasteiger partial charge is 0.139 e. The molecule has 0 N–H and O–H groups in total. The van der Waals surface area contributed by atoms with E-state index in [1.54, 1.807) is 0 Å². The standard InChI is InChI=1S/C53H34N2O/c1-3-14-35(15-4-1)53(36-16-5-2-6-17-36)46-30-33(37-23-13-24-45-42-20-11-12-25-49(42)56-52(37)45)26-28-40(46)41-29-27-34(31-47(41)53)48-32-54-50-43-21-9-7-18-38(43)39-19-8-10-22-44(39)51(50)55-48/h1-29,31-33H,30H2. The minimum absolute atomic E-state index is 0.132. The van der Waals surface area contributed by atoms with E-state index in [9.17, 15) is 0 Å². The predicted molar refractivity (Wildman–Crippen MR) is 230 cm³/mol. The Hall–Kier alpha value is -7.10. The molecule has 0 saturated heterocycles. The zero-order chi connectivity index (χ0) is 36.8. The molecule has 2 aliphatic rings. The van der Waals surface area contributed by atoms with Gasteiger partial charge in [0.25, 0.3) is 0 Å². The zero-order valence-corrected chi connectivity index (χ0v) is 30.5. The fourth-order valence-electron chi connectivity index (χ4n) is 9.97. The van der Waals surface area contributed by atoms with Crippen molar-refractivity contribution in [2.24, 2.45) is 0 Å². The SMILES string of the molecule is C1=CC(c2cccc3c2oc2ccccc23)CC2=C1c1ccc(-c3cnc4c5ccccc5c5ccccc5c4n3)cc1C2(c1ccccc1)c1ccccc1. The lowest BCUT2D eigenvalue weighted by atomic mass is 9.64. The Labute approximate surface area is 323 Å². The Bertz CT molecular complexity index is 3210. The summed E-state index contributed by atoms with van der Waals surface area (Å²) in [5, 5.41) is 6.96. The molecule has 0 saturated carbocycles. The van der Waals surface area contributed by atoms with Gasteiger partial charge in [0.15, 0.2) is 0 Å². The highest BCUT2D eigenvalue weighted by atomic mass is 16.3. The molecule has 1 atom stereocenters. The topological polar surface area (TPSA) is 38.9 Å². The van der Waals surface area contributed by atoms with Gasteiger partial charge in [0.2, 0.25) is 0 Å². The number of furan rings is 1. The molecule has 10 aromatic rings. The van der Waals surface area contributed by atoms with Crippen LogP contribution in [0.15, 0.2) is 198 Å². The molecule has 8 aromatic carbocycles. The van der Waals surface area contributed by atoms with Crippen molar-refractivity contribution in [3.05, 3.63) is 222 Å². The van der Waals surface area contributed by atoms with E-state index in [4.69, 9.17) is 14.4 Å². The van der Waals surface area contributed by atoms with Gasteiger partial charge in [-0.25, -0.2) is 4.98 Å². The number of hydrogen-bond donors (Lipinski definition) is 0. The van der Waals surface area contributed by atoms with E-state index in [0.29, 0.717) is 0 Å². The third-order valence-corrected chi connectivity index (χ3v) is 12.4. The van der Waals surface area contributed by atoms with Crippen LogP contribution in [0.2, 0.25) is 0 Å². The number of nitrogens with zero attached hydrogens (tertiary/aromatic N) is 2. The second kappa shape index (κ2) is 11.9. The molecule has 3 nitrogen and oxygen atoms in total. The third-order valence-electron chi connectivity index (χ3n) is 12.4. The number of aromatic nitrogens is 2. The van der Waals surface area contributed by atoms with Crippen molar-refractivity contribution in [3.63, 3.8) is 0 Å². The van der Waals surface area contributed by atoms with Crippen molar-refractivity contribution < 1.29 is 4.42 Å². The Morgan fingerprint density at radius 2 is 1.18 bits per heavy atom. The molecular weight excluding hydrogens is 681 g/mol. The van der Waals surface area contributed by atoms with Crippen LogP contribution in [0.1, 0.15) is 40.2 Å². The summed E-state index contributed by atoms with van der Waals surface area (Å²) < 4.78 is 6.61. The highest BCUT2D eigenvalue weighted by Gasteiger charge is 2.48. The van der Waals surface area contributed by atoms with Crippen molar-refractivity contribution in [1.29, 1.82) is 0 Å². The normalized spacial score (nSPS) is 16.0. The number of fused-ring (bicyclic) bond motifs is 11. The van der Waals surface area contributed by atoms with Gasteiger partial charge in [0.1, 0.15) is 11.2 Å². The predicted octanol–water partition coefficient (Wildman–Crippen LogP) is 13.3. The Morgan fingerprint density at radius 1 is 0.554 bits per heavy atom. The van der Waals surface area contributed by atoms with Crippen LogP contribution in [0.25, 0.3) is 71.3 Å². The van der Waals surface area contributed by atoms with Gasteiger partial charge < -0.3 is 4.42 Å². The van der Waals surface area contributed by atoms with Crippen molar-refractivity contribution in [3.8, 4) is 11.3 Å². The summed E-state index contributed by atoms with van der Waals surface area (Å²) in [6.45, 7) is 0. The quantitative estimate of drug-likeness (QED) is 0.170. The highest BCUT2D eigenvalue weighted by molar-refractivity contribution is 6.23. The number of hydrogen-bond acceptors (Lipinski definition) is 3. The molecule has 56 heavy (non-hydrogen) atoms. The van der Waals surface area contributed by atoms with E-state index in [1.165, 1.54) is 55.1 Å². The fraction of sp³-hybridized carbons (Fsp3) is 0.0566. The molecule has 2 aliphatic carbocycles. The zero-order valence-electron chi connectivity index (χ0n) is 30.5. The van der Waals surface area contributed by atoms with Crippen LogP contribution < -0.4 is 0 Å². The number of para-hydroxylation sites is 2. The molecule has 3 heteroatoms. The number of rotatable bonds is 4. The van der Waals surface area contributed by atoms with E-state index in [1.807, 2.05) is 12.3 Å². The number of allylic oxidation sites excluding steroid dienone is 4. The summed E-state index contributed by atoms with van der Waals surface area (Å²) in [6, 6.07) is 61.2. The van der Waals surface area contributed by atoms with E-state index in [-0.39, 0.29) is 5.92 Å². The van der Waals surface area contributed by atoms with Gasteiger partial charge in [-0.1, -0.05) is 170 Å². The van der Waals surface area contributed by atoms with E-state index >= 15 is 0 Å². The summed E-state index contributed by atoms with van der Waals surface area (Å²) in [7, 11) is 0. The van der Waals surface area contributed by atoms with E-state index in [0.717, 1.165) is 56.0 Å². The Kier molecular flexibility index (Phi) is 6.67. The molecule has 1 unspecified atom stereocenters. The summed E-state index contributed by atoms with van der Waals surface area (Å²) in [6.07, 6.45) is 7.59. The second-order valence-corrected chi connectivity index (χ2v) is 15.2. The average Bonchev–Trinajstić information content (AvgIpc) is 3.80. The van der Waals surface area contributed by atoms with Crippen molar-refractivity contribution in [2.45, 2.75) is 17.8 Å². The summed E-state index contributed by atoms with van der Waals surface area (Å²) in [4.78, 5) is 10.6. The molecule has 0 amide bonds. The first-order chi connectivity index (χ1) is 27.8. The lowest BCUT2D eigenvalue weighted by molar-refractivity contribution is 0.640. The van der Waals surface area contributed by atoms with Crippen LogP contribution in [0.4, 0.5) is 0 Å². The molecule has 0 bridgehead atoms. The molecule has 0 fully saturated rings. The summed E-state index contributed by atoms with van der Waals surface area (Å²) in [5.41, 5.74) is 14.1. The maximum atomic E-state index is 6.61. The van der Waals surface area contributed by atoms with Crippen LogP contribution in [0.5, 0.6) is 0 Å². The maximum Gasteiger partial charge on any atom is 0.139 e. The van der Waals surface area contributed by atoms with Crippen LogP contribution >= 0.6 is 0 Å². The van der Waals surface area contributed by atoms with Crippen LogP contribution in [-0.2, 0) is 5.41 Å². The molecule has 0 radical (unpaired) electrons. The van der Waals surface area contributed by atoms with Crippen LogP contribution in [-0.4, -0.2) is 9.97 Å². The molecule has 0 spiro atoms. The van der Waals surface area contributed by atoms with Gasteiger partial charge in [-0.05, 0) is 62.7 Å². The first kappa shape index (κ1) is 31.3. The number of benzene rings is 8. The largest absolute Gasteiger partial charge is 0.456 e. The van der Waals surface area contributed by atoms with Gasteiger partial charge in [0, 0.05) is 38.6 Å². The lowest BCUT2D eigenvalue weighted by Crippen LogP contribution is -2.31. The van der Waals surface area contributed by atoms with Crippen molar-refractivity contribution in [2.75, 3.05) is 0 Å². The Balaban J connectivity index is 1.07. The van der Waals surface area contributed by atoms with Gasteiger partial charge in [-0.15, -0.1) is 0 Å². The first-order valence-electron chi connectivity index (χ1n) is 19.4. The summed E-state index contributed by atoms with van der Waals surface area (Å²) in [5.74, 6) is 0.132. The fourth-order valence-corrected chi connectivity index (χ4v) is 9.97. The van der Waals surface area contributed by atoms with Crippen molar-refractivity contribution in [1.82, 2.24) is 9.97 Å². The van der Waals surface area contributed by atoms with E-state index < -0.39 is 5.41 Å². The maximum absolute atomic E-state index is 6.61. The molecule has 2 aromatic heterocycles. The van der Waals surface area contributed by atoms with Crippen LogP contribution in [0, 0.1) is 0 Å². The summed E-state index contributed by atoms with van der Waals surface area (Å²) >= 11 is 0. The van der Waals surface area contributed by atoms with Crippen LogP contribution in [0.3, 0.4) is 0 Å². The minimum Gasteiger partial charge on any atom is -0.456 e. The first-order valence-corrected chi connectivity index (χ1v) is 19.4. The molecule has 0 aliphatic heterocycles. The monoisotopic (exact) mass is 714 g/mol. The van der Waals surface area contributed by atoms with Gasteiger partial charge >= 0.3 is 0 Å². The Morgan fingerprint density at radius 3 is 1.91 bits per heavy atom. The van der Waals surface area contributed by atoms with Crippen molar-refractivity contribution >= 4 is 60.1 Å². The second-order valence-electron chi connectivity index (χ2n) is 15.2. The average molecular weight is 715 g/mol. The molecule has 2 heterocycles. The molecular formula is C53H34N2O. The lowest BCUT2D eigenvalue weighted by Gasteiger charge is -2.38. The molecule has 12 rings (SSSR count). The van der Waals surface area contributed by atoms with Gasteiger partial charge in [-0.2, -0.15) is 0 Å². The molecule has 262 valence electrons. The van der Waals surface area contributed by atoms with E-state index in [2.05, 4.69) is 176 Å².